The summed E-state index contributed by atoms with van der Waals surface area (Å²) in [5.41, 5.74) is 2.33. The molecule has 1 aromatic carbocycles. The average Bonchev–Trinajstić information content (AvgIpc) is 3.41. The third-order valence-corrected chi connectivity index (χ3v) is 5.03. The first kappa shape index (κ1) is 16.3. The van der Waals surface area contributed by atoms with Crippen LogP contribution >= 0.6 is 11.3 Å². The van der Waals surface area contributed by atoms with E-state index in [2.05, 4.69) is 15.5 Å². The first-order chi connectivity index (χ1) is 12.7. The number of amides is 1. The van der Waals surface area contributed by atoms with Crippen LogP contribution in [-0.2, 0) is 6.54 Å². The van der Waals surface area contributed by atoms with Gasteiger partial charge in [0, 0.05) is 24.0 Å². The molecule has 130 valence electrons. The van der Waals surface area contributed by atoms with Gasteiger partial charge in [0.2, 0.25) is 0 Å². The van der Waals surface area contributed by atoms with Crippen molar-refractivity contribution in [2.24, 2.45) is 0 Å². The molecule has 4 rings (SSSR count). The summed E-state index contributed by atoms with van der Waals surface area (Å²) in [6.07, 6.45) is 3.81. The minimum Gasteiger partial charge on any atom is -0.356 e. The molecule has 0 radical (unpaired) electrons. The van der Waals surface area contributed by atoms with E-state index in [4.69, 9.17) is 4.52 Å². The number of aryl methyl sites for hydroxylation is 1. The van der Waals surface area contributed by atoms with Gasteiger partial charge in [0.05, 0.1) is 12.2 Å². The molecule has 0 aliphatic carbocycles. The summed E-state index contributed by atoms with van der Waals surface area (Å²) in [5, 5.41) is 7.67. The van der Waals surface area contributed by atoms with Crippen LogP contribution in [0.15, 0.2) is 65.4 Å². The van der Waals surface area contributed by atoms with Gasteiger partial charge in [0.25, 0.3) is 5.91 Å². The van der Waals surface area contributed by atoms with E-state index in [9.17, 15) is 4.79 Å². The lowest BCUT2D eigenvalue weighted by Gasteiger charge is -2.00. The minimum absolute atomic E-state index is 0.164. The summed E-state index contributed by atoms with van der Waals surface area (Å²) >= 11 is 1.36. The molecule has 0 unspecified atom stereocenters. The predicted molar refractivity (Wildman–Crippen MR) is 99.3 cm³/mol. The van der Waals surface area contributed by atoms with E-state index >= 15 is 0 Å². The highest BCUT2D eigenvalue weighted by atomic mass is 32.1. The molecule has 0 atom stereocenters. The number of hydrogen-bond acceptors (Lipinski definition) is 5. The van der Waals surface area contributed by atoms with E-state index in [1.54, 1.807) is 0 Å². The lowest BCUT2D eigenvalue weighted by molar-refractivity contribution is 0.0953. The van der Waals surface area contributed by atoms with Crippen LogP contribution in [0.3, 0.4) is 0 Å². The maximum Gasteiger partial charge on any atom is 0.263 e. The zero-order valence-electron chi connectivity index (χ0n) is 14.0. The molecular formula is C19H16N4O2S. The summed E-state index contributed by atoms with van der Waals surface area (Å²) < 4.78 is 7.24. The van der Waals surface area contributed by atoms with Gasteiger partial charge in [-0.25, -0.2) is 4.98 Å². The molecule has 0 saturated carbocycles. The van der Waals surface area contributed by atoms with Crippen molar-refractivity contribution >= 4 is 17.2 Å². The van der Waals surface area contributed by atoms with Crippen LogP contribution in [0.2, 0.25) is 0 Å². The van der Waals surface area contributed by atoms with Crippen LogP contribution in [0.4, 0.5) is 0 Å². The Kier molecular flexibility index (Phi) is 4.37. The second-order valence-electron chi connectivity index (χ2n) is 5.73. The van der Waals surface area contributed by atoms with Gasteiger partial charge in [-0.1, -0.05) is 46.8 Å². The third-order valence-electron chi connectivity index (χ3n) is 3.86. The molecule has 7 heteroatoms. The maximum absolute atomic E-state index is 12.5. The average molecular weight is 364 g/mol. The molecule has 0 saturated heterocycles. The fraction of sp³-hybridized carbons (Fsp3) is 0.105. The van der Waals surface area contributed by atoms with Crippen molar-refractivity contribution in [3.8, 4) is 16.5 Å². The Morgan fingerprint density at radius 3 is 2.73 bits per heavy atom. The van der Waals surface area contributed by atoms with E-state index in [1.807, 2.05) is 72.4 Å². The molecule has 6 nitrogen and oxygen atoms in total. The molecule has 0 aliphatic heterocycles. The Morgan fingerprint density at radius 1 is 1.19 bits per heavy atom. The lowest BCUT2D eigenvalue weighted by atomic mass is 10.2. The summed E-state index contributed by atoms with van der Waals surface area (Å²) in [6, 6.07) is 15.4. The quantitative estimate of drug-likeness (QED) is 0.584. The number of hydrogen-bond donors (Lipinski definition) is 1. The zero-order valence-corrected chi connectivity index (χ0v) is 14.9. The molecule has 1 amide bonds. The van der Waals surface area contributed by atoms with E-state index < -0.39 is 0 Å². The summed E-state index contributed by atoms with van der Waals surface area (Å²) in [4.78, 5) is 17.5. The lowest BCUT2D eigenvalue weighted by Crippen LogP contribution is -2.22. The highest BCUT2D eigenvalue weighted by molar-refractivity contribution is 7.16. The number of aromatic nitrogens is 3. The monoisotopic (exact) mass is 364 g/mol. The number of carbonyl (C=O) groups excluding carboxylic acids is 1. The molecule has 3 heterocycles. The van der Waals surface area contributed by atoms with Crippen LogP contribution in [0.25, 0.3) is 16.5 Å². The molecule has 26 heavy (non-hydrogen) atoms. The van der Waals surface area contributed by atoms with Crippen molar-refractivity contribution in [1.82, 2.24) is 20.0 Å². The van der Waals surface area contributed by atoms with Crippen molar-refractivity contribution in [1.29, 1.82) is 0 Å². The van der Waals surface area contributed by atoms with E-state index in [0.29, 0.717) is 28.6 Å². The SMILES string of the molecule is Cc1nc(-n2cccc2)sc1C(=O)NCc1cc(-c2ccccc2)on1. The molecule has 1 N–H and O–H groups in total. The summed E-state index contributed by atoms with van der Waals surface area (Å²) in [7, 11) is 0. The Labute approximate surface area is 154 Å². The second kappa shape index (κ2) is 6.97. The Balaban J connectivity index is 1.44. The van der Waals surface area contributed by atoms with Crippen LogP contribution in [0, 0.1) is 6.92 Å². The maximum atomic E-state index is 12.5. The second-order valence-corrected chi connectivity index (χ2v) is 6.71. The highest BCUT2D eigenvalue weighted by Gasteiger charge is 2.16. The first-order valence-electron chi connectivity index (χ1n) is 8.11. The molecule has 0 aliphatic rings. The Bertz CT molecular complexity index is 1020. The number of carbonyl (C=O) groups is 1. The predicted octanol–water partition coefficient (Wildman–Crippen LogP) is 3.83. The Morgan fingerprint density at radius 2 is 1.96 bits per heavy atom. The topological polar surface area (TPSA) is 73.0 Å². The van der Waals surface area contributed by atoms with E-state index in [1.165, 1.54) is 11.3 Å². The minimum atomic E-state index is -0.164. The van der Waals surface area contributed by atoms with Gasteiger partial charge in [-0.2, -0.15) is 0 Å². The zero-order chi connectivity index (χ0) is 17.9. The number of nitrogens with zero attached hydrogens (tertiary/aromatic N) is 3. The number of thiazole rings is 1. The van der Waals surface area contributed by atoms with Gasteiger partial charge in [0.1, 0.15) is 10.6 Å². The van der Waals surface area contributed by atoms with Gasteiger partial charge >= 0.3 is 0 Å². The highest BCUT2D eigenvalue weighted by Crippen LogP contribution is 2.22. The van der Waals surface area contributed by atoms with Crippen molar-refractivity contribution in [3.63, 3.8) is 0 Å². The molecule has 0 bridgehead atoms. The standard InChI is InChI=1S/C19H16N4O2S/c1-13-17(26-19(21-13)23-9-5-6-10-23)18(24)20-12-15-11-16(25-22-15)14-7-3-2-4-8-14/h2-11H,12H2,1H3,(H,20,24). The van der Waals surface area contributed by atoms with Crippen LogP contribution in [0.1, 0.15) is 21.1 Å². The van der Waals surface area contributed by atoms with Crippen molar-refractivity contribution in [2.75, 3.05) is 0 Å². The van der Waals surface area contributed by atoms with E-state index in [-0.39, 0.29) is 5.91 Å². The molecule has 4 aromatic rings. The molecular weight excluding hydrogens is 348 g/mol. The van der Waals surface area contributed by atoms with Gasteiger partial charge in [-0.05, 0) is 19.1 Å². The van der Waals surface area contributed by atoms with Crippen molar-refractivity contribution in [3.05, 3.63) is 77.2 Å². The van der Waals surface area contributed by atoms with Crippen LogP contribution in [-0.4, -0.2) is 20.6 Å². The molecule has 3 aromatic heterocycles. The van der Waals surface area contributed by atoms with Gasteiger partial charge in [-0.15, -0.1) is 0 Å². The normalized spacial score (nSPS) is 10.8. The van der Waals surface area contributed by atoms with Gasteiger partial charge in [0.15, 0.2) is 10.9 Å². The molecule has 0 fully saturated rings. The Hall–Kier alpha value is -3.19. The van der Waals surface area contributed by atoms with Crippen LogP contribution < -0.4 is 5.32 Å². The van der Waals surface area contributed by atoms with Crippen molar-refractivity contribution < 1.29 is 9.32 Å². The van der Waals surface area contributed by atoms with E-state index in [0.717, 1.165) is 10.7 Å². The summed E-state index contributed by atoms with van der Waals surface area (Å²) in [6.45, 7) is 2.13. The fourth-order valence-electron chi connectivity index (χ4n) is 2.55. The number of nitrogens with one attached hydrogen (secondary N) is 1. The first-order valence-corrected chi connectivity index (χ1v) is 8.92. The molecule has 0 spiro atoms. The van der Waals surface area contributed by atoms with Crippen molar-refractivity contribution in [2.45, 2.75) is 13.5 Å². The van der Waals surface area contributed by atoms with Gasteiger partial charge in [-0.3, -0.25) is 4.79 Å². The van der Waals surface area contributed by atoms with Gasteiger partial charge < -0.3 is 14.4 Å². The fourth-order valence-corrected chi connectivity index (χ4v) is 3.50. The summed E-state index contributed by atoms with van der Waals surface area (Å²) in [5.74, 6) is 0.515. The smallest absolute Gasteiger partial charge is 0.263 e. The van der Waals surface area contributed by atoms with Crippen LogP contribution in [0.5, 0.6) is 0 Å². The third kappa shape index (κ3) is 3.29. The number of rotatable bonds is 5. The number of benzene rings is 1. The largest absolute Gasteiger partial charge is 0.356 e.